The first-order valence-corrected chi connectivity index (χ1v) is 12.9. The van der Waals surface area contributed by atoms with E-state index in [0.717, 1.165) is 17.7 Å². The summed E-state index contributed by atoms with van der Waals surface area (Å²) in [5.41, 5.74) is 5.64. The van der Waals surface area contributed by atoms with Crippen molar-refractivity contribution in [2.24, 2.45) is 5.73 Å². The highest BCUT2D eigenvalue weighted by Crippen LogP contribution is 2.43. The Morgan fingerprint density at radius 1 is 1.12 bits per heavy atom. The van der Waals surface area contributed by atoms with Gasteiger partial charge in [0.15, 0.2) is 12.4 Å². The van der Waals surface area contributed by atoms with Crippen LogP contribution in [0.5, 0.6) is 5.75 Å². The van der Waals surface area contributed by atoms with Gasteiger partial charge in [-0.25, -0.2) is 14.1 Å². The van der Waals surface area contributed by atoms with Gasteiger partial charge in [0.05, 0.1) is 10.7 Å². The normalized spacial score (nSPS) is 11.6. The minimum absolute atomic E-state index is 0.0777. The molecule has 8 nitrogen and oxygen atoms in total. The molecular weight excluding hydrogens is 586 g/mol. The lowest BCUT2D eigenvalue weighted by molar-refractivity contribution is -0.140. The number of nitrogens with two attached hydrogens (primary N) is 1. The lowest BCUT2D eigenvalue weighted by Gasteiger charge is -2.12. The van der Waals surface area contributed by atoms with Crippen LogP contribution in [-0.4, -0.2) is 26.6 Å². The van der Waals surface area contributed by atoms with Gasteiger partial charge in [-0.05, 0) is 42.3 Å². The molecule has 0 unspecified atom stereocenters. The Balaban J connectivity index is 1.50. The maximum atomic E-state index is 13.7. The average Bonchev–Trinajstić information content (AvgIpc) is 3.54. The summed E-state index contributed by atoms with van der Waals surface area (Å²) in [6.45, 7) is 1.68. The highest BCUT2D eigenvalue weighted by atomic mass is 35.5. The third kappa shape index (κ3) is 5.86. The summed E-state index contributed by atoms with van der Waals surface area (Å²) in [5, 5.41) is 6.72. The Labute approximate surface area is 238 Å². The van der Waals surface area contributed by atoms with Crippen LogP contribution in [0, 0.1) is 12.7 Å². The number of amides is 2. The molecule has 3 N–H and O–H groups in total. The molecular formula is C27H18ClF4N5O3S. The van der Waals surface area contributed by atoms with Gasteiger partial charge in [-0.15, -0.1) is 11.3 Å². The van der Waals surface area contributed by atoms with Crippen molar-refractivity contribution in [3.8, 4) is 16.9 Å². The smallest absolute Gasteiger partial charge is 0.433 e. The number of carbonyl (C=O) groups excluding carboxylic acids is 2. The van der Waals surface area contributed by atoms with Crippen molar-refractivity contribution >= 4 is 50.7 Å². The van der Waals surface area contributed by atoms with Crippen molar-refractivity contribution in [1.82, 2.24) is 14.8 Å². The SMILES string of the molecule is Cc1ccc(-c2cc(C(F)(F)F)nc3sc(C(N)=O)c(NC(=O)c4ccn(COc5ccc(F)c(Cl)c5)n4)c23)cc1. The minimum Gasteiger partial charge on any atom is -0.471 e. The third-order valence-electron chi connectivity index (χ3n) is 5.91. The van der Waals surface area contributed by atoms with Crippen LogP contribution in [0.25, 0.3) is 21.3 Å². The van der Waals surface area contributed by atoms with Gasteiger partial charge in [-0.2, -0.15) is 18.3 Å². The number of nitrogens with one attached hydrogen (secondary N) is 1. The number of ether oxygens (including phenoxy) is 1. The first-order valence-electron chi connectivity index (χ1n) is 11.7. The molecule has 0 fully saturated rings. The number of anilines is 1. The molecule has 0 spiro atoms. The number of thiophene rings is 1. The Morgan fingerprint density at radius 3 is 2.51 bits per heavy atom. The molecule has 0 atom stereocenters. The number of primary amides is 1. The van der Waals surface area contributed by atoms with E-state index in [1.807, 2.05) is 6.92 Å². The number of hydrogen-bond donors (Lipinski definition) is 2. The van der Waals surface area contributed by atoms with Crippen LogP contribution in [0.4, 0.5) is 23.2 Å². The first kappa shape index (κ1) is 28.1. The van der Waals surface area contributed by atoms with Crippen molar-refractivity contribution in [2.75, 3.05) is 5.32 Å². The quantitative estimate of drug-likeness (QED) is 0.202. The maximum absolute atomic E-state index is 13.7. The fourth-order valence-corrected chi connectivity index (χ4v) is 5.11. The Kier molecular flexibility index (Phi) is 7.41. The number of pyridine rings is 1. The molecule has 3 heterocycles. The second kappa shape index (κ2) is 10.8. The number of fused-ring (bicyclic) bond motifs is 1. The summed E-state index contributed by atoms with van der Waals surface area (Å²) in [7, 11) is 0. The zero-order valence-electron chi connectivity index (χ0n) is 20.9. The molecule has 5 aromatic rings. The summed E-state index contributed by atoms with van der Waals surface area (Å²) in [6, 6.07) is 12.7. The zero-order chi connectivity index (χ0) is 29.5. The van der Waals surface area contributed by atoms with Crippen LogP contribution in [0.2, 0.25) is 5.02 Å². The molecule has 0 aliphatic rings. The molecule has 2 amide bonds. The Bertz CT molecular complexity index is 1800. The number of nitrogens with zero attached hydrogens (tertiary/aromatic N) is 3. The summed E-state index contributed by atoms with van der Waals surface area (Å²) >= 11 is 6.39. The largest absolute Gasteiger partial charge is 0.471 e. The fourth-order valence-electron chi connectivity index (χ4n) is 3.94. The second-order valence-corrected chi connectivity index (χ2v) is 10.2. The van der Waals surface area contributed by atoms with Crippen molar-refractivity contribution in [2.45, 2.75) is 19.8 Å². The van der Waals surface area contributed by atoms with Crippen LogP contribution in [0.1, 0.15) is 31.4 Å². The van der Waals surface area contributed by atoms with E-state index in [-0.39, 0.29) is 49.5 Å². The molecule has 41 heavy (non-hydrogen) atoms. The third-order valence-corrected chi connectivity index (χ3v) is 7.29. The molecule has 3 aromatic heterocycles. The van der Waals surface area contributed by atoms with Gasteiger partial charge in [0.1, 0.15) is 27.0 Å². The van der Waals surface area contributed by atoms with E-state index in [0.29, 0.717) is 16.9 Å². The Morgan fingerprint density at radius 2 is 1.85 bits per heavy atom. The van der Waals surface area contributed by atoms with Crippen molar-refractivity contribution in [1.29, 1.82) is 0 Å². The summed E-state index contributed by atoms with van der Waals surface area (Å²) in [5.74, 6) is -2.05. The van der Waals surface area contributed by atoms with Crippen molar-refractivity contribution in [3.05, 3.63) is 93.5 Å². The number of carbonyl (C=O) groups is 2. The van der Waals surface area contributed by atoms with Gasteiger partial charge < -0.3 is 15.8 Å². The zero-order valence-corrected chi connectivity index (χ0v) is 22.5. The fraction of sp³-hybridized carbons (Fsp3) is 0.111. The van der Waals surface area contributed by atoms with Crippen LogP contribution in [-0.2, 0) is 12.9 Å². The summed E-state index contributed by atoms with van der Waals surface area (Å²) < 4.78 is 61.3. The maximum Gasteiger partial charge on any atom is 0.433 e. The summed E-state index contributed by atoms with van der Waals surface area (Å²) in [4.78, 5) is 28.9. The van der Waals surface area contributed by atoms with Crippen molar-refractivity contribution < 1.29 is 31.9 Å². The monoisotopic (exact) mass is 603 g/mol. The molecule has 0 aliphatic carbocycles. The predicted octanol–water partition coefficient (Wildman–Crippen LogP) is 6.67. The second-order valence-electron chi connectivity index (χ2n) is 8.81. The van der Waals surface area contributed by atoms with Crippen LogP contribution < -0.4 is 15.8 Å². The van der Waals surface area contributed by atoms with Crippen LogP contribution in [0.15, 0.2) is 60.8 Å². The molecule has 2 aromatic carbocycles. The molecule has 0 saturated heterocycles. The van der Waals surface area contributed by atoms with Gasteiger partial charge in [0.25, 0.3) is 11.8 Å². The predicted molar refractivity (Wildman–Crippen MR) is 146 cm³/mol. The van der Waals surface area contributed by atoms with E-state index in [1.165, 1.54) is 29.1 Å². The lowest BCUT2D eigenvalue weighted by atomic mass is 10.00. The van der Waals surface area contributed by atoms with E-state index < -0.39 is 29.5 Å². The van der Waals surface area contributed by atoms with E-state index in [4.69, 9.17) is 22.1 Å². The number of rotatable bonds is 7. The van der Waals surface area contributed by atoms with Crippen molar-refractivity contribution in [3.63, 3.8) is 0 Å². The molecule has 5 rings (SSSR count). The number of aryl methyl sites for hydroxylation is 1. The van der Waals surface area contributed by atoms with Gasteiger partial charge in [0.2, 0.25) is 0 Å². The molecule has 0 saturated carbocycles. The number of halogens is 5. The minimum atomic E-state index is -4.76. The highest BCUT2D eigenvalue weighted by molar-refractivity contribution is 7.21. The van der Waals surface area contributed by atoms with E-state index in [2.05, 4.69) is 15.4 Å². The average molecular weight is 604 g/mol. The number of aromatic nitrogens is 3. The van der Waals surface area contributed by atoms with Crippen LogP contribution in [0.3, 0.4) is 0 Å². The van der Waals surface area contributed by atoms with Gasteiger partial charge >= 0.3 is 6.18 Å². The molecule has 210 valence electrons. The number of alkyl halides is 3. The standard InChI is InChI=1S/C27H18ClF4N5O3S/c1-13-2-4-14(5-3-13)16-11-20(27(30,31)32)34-26-21(16)22(23(41-26)24(33)38)35-25(39)19-8-9-37(36-19)12-40-15-6-7-18(29)17(28)10-15/h2-11H,12H2,1H3,(H2,33,38)(H,35,39). The van der Waals surface area contributed by atoms with E-state index >= 15 is 0 Å². The number of hydrogen-bond acceptors (Lipinski definition) is 6. The van der Waals surface area contributed by atoms with Gasteiger partial charge in [0, 0.05) is 17.6 Å². The van der Waals surface area contributed by atoms with Crippen LogP contribution >= 0.6 is 22.9 Å². The molecule has 0 bridgehead atoms. The number of benzene rings is 2. The molecule has 14 heteroatoms. The molecule has 0 aliphatic heterocycles. The van der Waals surface area contributed by atoms with E-state index in [9.17, 15) is 27.2 Å². The van der Waals surface area contributed by atoms with Gasteiger partial charge in [-0.1, -0.05) is 41.4 Å². The topological polar surface area (TPSA) is 112 Å². The van der Waals surface area contributed by atoms with E-state index in [1.54, 1.807) is 24.3 Å². The van der Waals surface area contributed by atoms with Gasteiger partial charge in [-0.3, -0.25) is 9.59 Å². The molecule has 0 radical (unpaired) electrons. The lowest BCUT2D eigenvalue weighted by Crippen LogP contribution is -2.18. The Hall–Kier alpha value is -4.49. The summed E-state index contributed by atoms with van der Waals surface area (Å²) in [6.07, 6.45) is -3.32. The first-order chi connectivity index (χ1) is 19.4. The highest BCUT2D eigenvalue weighted by Gasteiger charge is 2.35.